The van der Waals surface area contributed by atoms with Gasteiger partial charge in [0.2, 0.25) is 0 Å². The number of carbonyl (C=O) groups is 1. The highest BCUT2D eigenvalue weighted by Gasteiger charge is 2.44. The lowest BCUT2D eigenvalue weighted by Crippen LogP contribution is -2.38. The fraction of sp³-hybridized carbons (Fsp3) is 0.579. The summed E-state index contributed by atoms with van der Waals surface area (Å²) >= 11 is 0. The van der Waals surface area contributed by atoms with E-state index in [-0.39, 0.29) is 41.2 Å². The van der Waals surface area contributed by atoms with Crippen LogP contribution in [0.2, 0.25) is 0 Å². The summed E-state index contributed by atoms with van der Waals surface area (Å²) in [5, 5.41) is 6.45. The number of rotatable bonds is 9. The molecule has 1 aromatic rings. The standard InChI is InChI=1S/C19H28FN3O2.HI/c1-3-21-18(22-12-6-9-17(24)25-4-2)23-14-19(10-11-19)15-7-5-8-16(20)13-15;/h5,7-8,13H,3-4,6,9-12,14H2,1-2H3,(H2,21,22,23);1H. The van der Waals surface area contributed by atoms with E-state index in [0.29, 0.717) is 32.5 Å². The maximum absolute atomic E-state index is 13.5. The summed E-state index contributed by atoms with van der Waals surface area (Å²) in [5.74, 6) is 0.361. The van der Waals surface area contributed by atoms with Gasteiger partial charge in [0, 0.05) is 24.9 Å². The van der Waals surface area contributed by atoms with Crippen LogP contribution < -0.4 is 10.6 Å². The van der Waals surface area contributed by atoms with Crippen molar-refractivity contribution >= 4 is 35.9 Å². The highest BCUT2D eigenvalue weighted by atomic mass is 127. The molecule has 0 unspecified atom stereocenters. The van der Waals surface area contributed by atoms with Crippen LogP contribution in [0.3, 0.4) is 0 Å². The first-order chi connectivity index (χ1) is 12.1. The maximum Gasteiger partial charge on any atom is 0.305 e. The molecule has 1 aliphatic carbocycles. The monoisotopic (exact) mass is 477 g/mol. The Hall–Kier alpha value is -1.38. The van der Waals surface area contributed by atoms with E-state index in [2.05, 4.69) is 15.6 Å². The van der Waals surface area contributed by atoms with E-state index >= 15 is 0 Å². The fourth-order valence-corrected chi connectivity index (χ4v) is 2.75. The molecule has 0 heterocycles. The average molecular weight is 477 g/mol. The minimum atomic E-state index is -0.197. The van der Waals surface area contributed by atoms with Crippen LogP contribution in [0.4, 0.5) is 4.39 Å². The molecule has 5 nitrogen and oxygen atoms in total. The quantitative estimate of drug-likeness (QED) is 0.188. The summed E-state index contributed by atoms with van der Waals surface area (Å²) in [4.78, 5) is 16.0. The Labute approximate surface area is 172 Å². The molecule has 26 heavy (non-hydrogen) atoms. The third kappa shape index (κ3) is 7.09. The van der Waals surface area contributed by atoms with Gasteiger partial charge in [0.15, 0.2) is 5.96 Å². The van der Waals surface area contributed by atoms with Gasteiger partial charge < -0.3 is 15.4 Å². The highest BCUT2D eigenvalue weighted by molar-refractivity contribution is 14.0. The van der Waals surface area contributed by atoms with Crippen molar-refractivity contribution in [2.75, 3.05) is 26.2 Å². The summed E-state index contributed by atoms with van der Waals surface area (Å²) in [7, 11) is 0. The minimum absolute atomic E-state index is 0. The van der Waals surface area contributed by atoms with Crippen molar-refractivity contribution < 1.29 is 13.9 Å². The molecule has 0 radical (unpaired) electrons. The smallest absolute Gasteiger partial charge is 0.305 e. The van der Waals surface area contributed by atoms with Gasteiger partial charge in [0.25, 0.3) is 0 Å². The molecule has 0 atom stereocenters. The second-order valence-electron chi connectivity index (χ2n) is 6.32. The molecule has 2 N–H and O–H groups in total. The van der Waals surface area contributed by atoms with Gasteiger partial charge in [-0.05, 0) is 50.8 Å². The Kier molecular flexibility index (Phi) is 9.90. The zero-order valence-corrected chi connectivity index (χ0v) is 17.8. The van der Waals surface area contributed by atoms with E-state index in [1.54, 1.807) is 19.1 Å². The predicted octanol–water partition coefficient (Wildman–Crippen LogP) is 3.37. The third-order valence-electron chi connectivity index (χ3n) is 4.33. The number of nitrogens with one attached hydrogen (secondary N) is 2. The first-order valence-corrected chi connectivity index (χ1v) is 9.03. The van der Waals surface area contributed by atoms with Crippen LogP contribution in [-0.2, 0) is 14.9 Å². The van der Waals surface area contributed by atoms with E-state index in [1.807, 2.05) is 13.0 Å². The first-order valence-electron chi connectivity index (χ1n) is 9.03. The molecule has 0 saturated heterocycles. The largest absolute Gasteiger partial charge is 0.466 e. The lowest BCUT2D eigenvalue weighted by atomic mass is 9.96. The lowest BCUT2D eigenvalue weighted by molar-refractivity contribution is -0.143. The molecule has 7 heteroatoms. The molecule has 1 aromatic carbocycles. The van der Waals surface area contributed by atoms with Crippen molar-refractivity contribution in [3.63, 3.8) is 0 Å². The van der Waals surface area contributed by atoms with E-state index in [4.69, 9.17) is 4.74 Å². The van der Waals surface area contributed by atoms with Gasteiger partial charge in [-0.2, -0.15) is 0 Å². The number of benzene rings is 1. The average Bonchev–Trinajstić information content (AvgIpc) is 3.38. The van der Waals surface area contributed by atoms with E-state index < -0.39 is 0 Å². The summed E-state index contributed by atoms with van der Waals surface area (Å²) in [5.41, 5.74) is 0.990. The molecule has 0 aliphatic heterocycles. The molecule has 0 spiro atoms. The number of esters is 1. The summed E-state index contributed by atoms with van der Waals surface area (Å²) < 4.78 is 18.4. The zero-order valence-electron chi connectivity index (χ0n) is 15.5. The topological polar surface area (TPSA) is 62.7 Å². The van der Waals surface area contributed by atoms with Crippen LogP contribution in [0.1, 0.15) is 45.1 Å². The number of guanidine groups is 1. The molecule has 1 fully saturated rings. The van der Waals surface area contributed by atoms with Crippen molar-refractivity contribution in [3.8, 4) is 0 Å². The number of nitrogens with zero attached hydrogens (tertiary/aromatic N) is 1. The van der Waals surface area contributed by atoms with Crippen LogP contribution >= 0.6 is 24.0 Å². The second-order valence-corrected chi connectivity index (χ2v) is 6.32. The molecule has 0 aromatic heterocycles. The fourth-order valence-electron chi connectivity index (χ4n) is 2.75. The van der Waals surface area contributed by atoms with Crippen molar-refractivity contribution in [2.24, 2.45) is 4.99 Å². The van der Waals surface area contributed by atoms with E-state index in [9.17, 15) is 9.18 Å². The molecular formula is C19H29FIN3O2. The third-order valence-corrected chi connectivity index (χ3v) is 4.33. The van der Waals surface area contributed by atoms with Crippen LogP contribution in [0.5, 0.6) is 0 Å². The first kappa shape index (κ1) is 22.7. The zero-order chi connectivity index (χ0) is 18.1. The number of hydrogen-bond acceptors (Lipinski definition) is 3. The highest BCUT2D eigenvalue weighted by Crippen LogP contribution is 2.48. The molecular weight excluding hydrogens is 448 g/mol. The van der Waals surface area contributed by atoms with Gasteiger partial charge in [0.05, 0.1) is 13.2 Å². The van der Waals surface area contributed by atoms with Crippen LogP contribution in [-0.4, -0.2) is 38.2 Å². The normalized spacial score (nSPS) is 15.0. The van der Waals surface area contributed by atoms with Crippen molar-refractivity contribution in [1.82, 2.24) is 10.6 Å². The Morgan fingerprint density at radius 1 is 1.31 bits per heavy atom. The van der Waals surface area contributed by atoms with Crippen molar-refractivity contribution in [1.29, 1.82) is 0 Å². The molecule has 0 bridgehead atoms. The van der Waals surface area contributed by atoms with Crippen LogP contribution in [0, 0.1) is 5.82 Å². The van der Waals surface area contributed by atoms with Gasteiger partial charge in [-0.1, -0.05) is 12.1 Å². The van der Waals surface area contributed by atoms with Gasteiger partial charge in [-0.3, -0.25) is 9.79 Å². The number of hydrogen-bond donors (Lipinski definition) is 2. The lowest BCUT2D eigenvalue weighted by Gasteiger charge is -2.16. The van der Waals surface area contributed by atoms with Crippen LogP contribution in [0.15, 0.2) is 29.3 Å². The summed E-state index contributed by atoms with van der Waals surface area (Å²) in [6.45, 7) is 6.27. The Balaban J connectivity index is 0.00000338. The number of halogens is 2. The summed E-state index contributed by atoms with van der Waals surface area (Å²) in [6, 6.07) is 6.82. The minimum Gasteiger partial charge on any atom is -0.466 e. The SMILES string of the molecule is CCNC(=NCC1(c2cccc(F)c2)CC1)NCCCC(=O)OCC.I. The molecule has 146 valence electrons. The number of aliphatic imine (C=N–C) groups is 1. The molecule has 1 saturated carbocycles. The van der Waals surface area contributed by atoms with Crippen molar-refractivity contribution in [2.45, 2.75) is 44.9 Å². The van der Waals surface area contributed by atoms with Gasteiger partial charge in [-0.15, -0.1) is 24.0 Å². The number of ether oxygens (including phenoxy) is 1. The Bertz CT molecular complexity index is 606. The van der Waals surface area contributed by atoms with Gasteiger partial charge >= 0.3 is 5.97 Å². The molecule has 1 aliphatic rings. The number of carbonyl (C=O) groups excluding carboxylic acids is 1. The predicted molar refractivity (Wildman–Crippen MR) is 113 cm³/mol. The summed E-state index contributed by atoms with van der Waals surface area (Å²) in [6.07, 6.45) is 3.15. The maximum atomic E-state index is 13.5. The Morgan fingerprint density at radius 3 is 2.69 bits per heavy atom. The Morgan fingerprint density at radius 2 is 2.08 bits per heavy atom. The van der Waals surface area contributed by atoms with Crippen molar-refractivity contribution in [3.05, 3.63) is 35.6 Å². The second kappa shape index (κ2) is 11.4. The van der Waals surface area contributed by atoms with Gasteiger partial charge in [-0.25, -0.2) is 4.39 Å². The van der Waals surface area contributed by atoms with E-state index in [0.717, 1.165) is 30.9 Å². The van der Waals surface area contributed by atoms with Gasteiger partial charge in [0.1, 0.15) is 5.82 Å². The molecule has 0 amide bonds. The van der Waals surface area contributed by atoms with E-state index in [1.165, 1.54) is 6.07 Å². The van der Waals surface area contributed by atoms with Crippen LogP contribution in [0.25, 0.3) is 0 Å². The molecule has 2 rings (SSSR count).